The smallest absolute Gasteiger partial charge is 0.0621 e. The highest BCUT2D eigenvalue weighted by Crippen LogP contribution is 2.29. The molecule has 1 aliphatic carbocycles. The van der Waals surface area contributed by atoms with E-state index in [0.717, 1.165) is 32.2 Å². The van der Waals surface area contributed by atoms with E-state index in [1.807, 2.05) is 0 Å². The van der Waals surface area contributed by atoms with Gasteiger partial charge in [0.05, 0.1) is 13.2 Å². The van der Waals surface area contributed by atoms with Gasteiger partial charge in [0.1, 0.15) is 0 Å². The van der Waals surface area contributed by atoms with Crippen molar-refractivity contribution >= 4 is 0 Å². The molecule has 0 radical (unpaired) electrons. The van der Waals surface area contributed by atoms with Crippen molar-refractivity contribution in [1.29, 1.82) is 0 Å². The summed E-state index contributed by atoms with van der Waals surface area (Å²) in [7, 11) is 0. The lowest BCUT2D eigenvalue weighted by Crippen LogP contribution is -2.35. The third-order valence-corrected chi connectivity index (χ3v) is 3.78. The van der Waals surface area contributed by atoms with Crippen LogP contribution in [0.2, 0.25) is 0 Å². The van der Waals surface area contributed by atoms with Crippen molar-refractivity contribution in [3.63, 3.8) is 0 Å². The molecule has 3 heteroatoms. The number of nitrogens with two attached hydrogens (primary N) is 1. The van der Waals surface area contributed by atoms with Crippen LogP contribution in [0.25, 0.3) is 0 Å². The summed E-state index contributed by atoms with van der Waals surface area (Å²) in [6.07, 6.45) is 6.57. The largest absolute Gasteiger partial charge is 0.381 e. The first-order chi connectivity index (χ1) is 7.36. The molecule has 0 bridgehead atoms. The van der Waals surface area contributed by atoms with E-state index in [1.165, 1.54) is 25.7 Å². The topological polar surface area (TPSA) is 44.5 Å². The quantitative estimate of drug-likeness (QED) is 0.681. The summed E-state index contributed by atoms with van der Waals surface area (Å²) in [5.41, 5.74) is 6.04. The van der Waals surface area contributed by atoms with Crippen LogP contribution in [0.5, 0.6) is 0 Å². The maximum Gasteiger partial charge on any atom is 0.0621 e. The Morgan fingerprint density at radius 2 is 2.20 bits per heavy atom. The molecule has 0 aromatic heterocycles. The van der Waals surface area contributed by atoms with Crippen molar-refractivity contribution in [2.75, 3.05) is 26.4 Å². The molecule has 2 fully saturated rings. The number of rotatable bonds is 6. The summed E-state index contributed by atoms with van der Waals surface area (Å²) in [4.78, 5) is 0. The zero-order valence-corrected chi connectivity index (χ0v) is 9.49. The third-order valence-electron chi connectivity index (χ3n) is 3.78. The molecule has 1 saturated carbocycles. The normalized spacial score (nSPS) is 29.0. The van der Waals surface area contributed by atoms with Gasteiger partial charge in [0, 0.05) is 25.2 Å². The Balaban J connectivity index is 1.48. The van der Waals surface area contributed by atoms with Crippen molar-refractivity contribution in [2.45, 2.75) is 38.1 Å². The summed E-state index contributed by atoms with van der Waals surface area (Å²) < 4.78 is 10.9. The van der Waals surface area contributed by atoms with Gasteiger partial charge in [-0.15, -0.1) is 0 Å². The standard InChI is InChI=1S/C12H23NO2/c13-12(11-5-7-14-8-11)9-15-6-4-10-2-1-3-10/h10-12H,1-9,13H2. The Labute approximate surface area is 92.3 Å². The monoisotopic (exact) mass is 213 g/mol. The highest BCUT2D eigenvalue weighted by molar-refractivity contribution is 4.76. The molecule has 3 nitrogen and oxygen atoms in total. The van der Waals surface area contributed by atoms with Gasteiger partial charge in [-0.25, -0.2) is 0 Å². The van der Waals surface area contributed by atoms with Crippen molar-refractivity contribution < 1.29 is 9.47 Å². The first-order valence-electron chi connectivity index (χ1n) is 6.27. The summed E-state index contributed by atoms with van der Waals surface area (Å²) in [6.45, 7) is 3.31. The fraction of sp³-hybridized carbons (Fsp3) is 1.00. The molecule has 0 aromatic carbocycles. The molecule has 1 saturated heterocycles. The second-order valence-electron chi connectivity index (χ2n) is 4.95. The van der Waals surface area contributed by atoms with E-state index in [4.69, 9.17) is 15.2 Å². The van der Waals surface area contributed by atoms with Crippen molar-refractivity contribution in [3.05, 3.63) is 0 Å². The van der Waals surface area contributed by atoms with Crippen molar-refractivity contribution in [3.8, 4) is 0 Å². The van der Waals surface area contributed by atoms with Crippen LogP contribution in [-0.4, -0.2) is 32.5 Å². The maximum absolute atomic E-state index is 6.04. The molecule has 2 N–H and O–H groups in total. The van der Waals surface area contributed by atoms with E-state index in [1.54, 1.807) is 0 Å². The lowest BCUT2D eigenvalue weighted by molar-refractivity contribution is 0.0810. The molecule has 2 aliphatic rings. The lowest BCUT2D eigenvalue weighted by atomic mass is 9.83. The highest BCUT2D eigenvalue weighted by atomic mass is 16.5. The summed E-state index contributed by atoms with van der Waals surface area (Å²) in [6, 6.07) is 0.175. The zero-order chi connectivity index (χ0) is 10.5. The van der Waals surface area contributed by atoms with E-state index in [-0.39, 0.29) is 6.04 Å². The summed E-state index contributed by atoms with van der Waals surface area (Å²) >= 11 is 0. The fourth-order valence-corrected chi connectivity index (χ4v) is 2.28. The number of ether oxygens (including phenoxy) is 2. The molecule has 88 valence electrons. The Morgan fingerprint density at radius 3 is 2.80 bits per heavy atom. The van der Waals surface area contributed by atoms with E-state index in [0.29, 0.717) is 12.5 Å². The third kappa shape index (κ3) is 3.44. The molecule has 2 unspecified atom stereocenters. The van der Waals surface area contributed by atoms with Gasteiger partial charge in [-0.2, -0.15) is 0 Å². The van der Waals surface area contributed by atoms with Crippen LogP contribution in [0.1, 0.15) is 32.1 Å². The van der Waals surface area contributed by atoms with Gasteiger partial charge in [-0.05, 0) is 18.8 Å². The van der Waals surface area contributed by atoms with Crippen LogP contribution in [0.3, 0.4) is 0 Å². The van der Waals surface area contributed by atoms with Gasteiger partial charge < -0.3 is 15.2 Å². The minimum atomic E-state index is 0.175. The maximum atomic E-state index is 6.04. The van der Waals surface area contributed by atoms with E-state index in [9.17, 15) is 0 Å². The van der Waals surface area contributed by atoms with Crippen LogP contribution in [0, 0.1) is 11.8 Å². The van der Waals surface area contributed by atoms with Crippen molar-refractivity contribution in [2.24, 2.45) is 17.6 Å². The van der Waals surface area contributed by atoms with E-state index >= 15 is 0 Å². The predicted molar refractivity (Wildman–Crippen MR) is 59.7 cm³/mol. The molecule has 2 rings (SSSR count). The molecule has 0 amide bonds. The average Bonchev–Trinajstić information content (AvgIpc) is 2.67. The van der Waals surface area contributed by atoms with Gasteiger partial charge >= 0.3 is 0 Å². The Hall–Kier alpha value is -0.120. The first-order valence-corrected chi connectivity index (χ1v) is 6.27. The predicted octanol–water partition coefficient (Wildman–Crippen LogP) is 1.56. The molecule has 1 heterocycles. The second-order valence-corrected chi connectivity index (χ2v) is 4.95. The fourth-order valence-electron chi connectivity index (χ4n) is 2.28. The minimum absolute atomic E-state index is 0.175. The van der Waals surface area contributed by atoms with Gasteiger partial charge in [0.2, 0.25) is 0 Å². The number of hydrogen-bond acceptors (Lipinski definition) is 3. The van der Waals surface area contributed by atoms with Gasteiger partial charge in [0.15, 0.2) is 0 Å². The van der Waals surface area contributed by atoms with E-state index < -0.39 is 0 Å². The summed E-state index contributed by atoms with van der Waals surface area (Å²) in [5.74, 6) is 1.46. The minimum Gasteiger partial charge on any atom is -0.381 e. The van der Waals surface area contributed by atoms with Crippen LogP contribution < -0.4 is 5.73 Å². The molecule has 0 aromatic rings. The molecule has 15 heavy (non-hydrogen) atoms. The van der Waals surface area contributed by atoms with Gasteiger partial charge in [-0.1, -0.05) is 19.3 Å². The summed E-state index contributed by atoms with van der Waals surface area (Å²) in [5, 5.41) is 0. The molecular weight excluding hydrogens is 190 g/mol. The molecule has 1 aliphatic heterocycles. The zero-order valence-electron chi connectivity index (χ0n) is 9.49. The van der Waals surface area contributed by atoms with Crippen LogP contribution >= 0.6 is 0 Å². The van der Waals surface area contributed by atoms with Crippen LogP contribution in [0.15, 0.2) is 0 Å². The SMILES string of the molecule is NC(COCCC1CCC1)C1CCOC1. The average molecular weight is 213 g/mol. The Kier molecular flexibility index (Phi) is 4.42. The van der Waals surface area contributed by atoms with Gasteiger partial charge in [0.25, 0.3) is 0 Å². The molecular formula is C12H23NO2. The highest BCUT2D eigenvalue weighted by Gasteiger charge is 2.23. The number of hydrogen-bond donors (Lipinski definition) is 1. The second kappa shape index (κ2) is 5.83. The van der Waals surface area contributed by atoms with Crippen LogP contribution in [-0.2, 0) is 9.47 Å². The Bertz CT molecular complexity index is 176. The molecule has 2 atom stereocenters. The van der Waals surface area contributed by atoms with Crippen molar-refractivity contribution in [1.82, 2.24) is 0 Å². The lowest BCUT2D eigenvalue weighted by Gasteiger charge is -2.25. The van der Waals surface area contributed by atoms with E-state index in [2.05, 4.69) is 0 Å². The first kappa shape index (κ1) is 11.4. The molecule has 0 spiro atoms. The van der Waals surface area contributed by atoms with Crippen LogP contribution in [0.4, 0.5) is 0 Å². The van der Waals surface area contributed by atoms with Gasteiger partial charge in [-0.3, -0.25) is 0 Å². The Morgan fingerprint density at radius 1 is 1.33 bits per heavy atom.